The van der Waals surface area contributed by atoms with Crippen LogP contribution in [-0.2, 0) is 0 Å². The van der Waals surface area contributed by atoms with Crippen LogP contribution in [0.25, 0.3) is 0 Å². The molecule has 0 saturated heterocycles. The van der Waals surface area contributed by atoms with Gasteiger partial charge >= 0.3 is 0 Å². The number of aromatic nitrogens is 1. The fourth-order valence-corrected chi connectivity index (χ4v) is 0.549. The monoisotopic (exact) mass is 150 g/mol. The first-order valence-corrected chi connectivity index (χ1v) is 2.58. The Bertz CT molecular complexity index is 234. The minimum atomic E-state index is 0. The largest absolute Gasteiger partial charge is 0.505 e. The molecule has 0 unspecified atom stereocenters. The second kappa shape index (κ2) is 4.06. The van der Waals surface area contributed by atoms with Crippen molar-refractivity contribution in [3.8, 4) is 5.75 Å². The molecule has 1 radical (unpaired) electrons. The van der Waals surface area contributed by atoms with Crippen LogP contribution >= 0.6 is 12.2 Å². The van der Waals surface area contributed by atoms with Crippen LogP contribution in [0.1, 0.15) is 0 Å². The van der Waals surface area contributed by atoms with Crippen LogP contribution in [0.15, 0.2) is 18.3 Å². The predicted molar refractivity (Wildman–Crippen MR) is 39.0 cm³/mol. The van der Waals surface area contributed by atoms with E-state index in [1.54, 1.807) is 18.3 Å². The summed E-state index contributed by atoms with van der Waals surface area (Å²) < 4.78 is 0.382. The van der Waals surface area contributed by atoms with E-state index in [4.69, 9.17) is 5.11 Å². The third kappa shape index (κ3) is 2.49. The van der Waals surface area contributed by atoms with Crippen LogP contribution in [0.2, 0.25) is 0 Å². The summed E-state index contributed by atoms with van der Waals surface area (Å²) in [6, 6.07) is 3.23. The maximum Gasteiger partial charge on any atom is 0.150 e. The van der Waals surface area contributed by atoms with Gasteiger partial charge in [-0.25, -0.2) is 0 Å². The third-order valence-electron chi connectivity index (χ3n) is 0.797. The molecule has 1 aromatic rings. The van der Waals surface area contributed by atoms with Crippen molar-refractivity contribution in [2.45, 2.75) is 0 Å². The zero-order valence-corrected chi connectivity index (χ0v) is 7.90. The van der Waals surface area contributed by atoms with Gasteiger partial charge < -0.3 is 10.1 Å². The zero-order chi connectivity index (χ0) is 5.98. The first kappa shape index (κ1) is 9.17. The van der Waals surface area contributed by atoms with E-state index < -0.39 is 0 Å². The van der Waals surface area contributed by atoms with Crippen molar-refractivity contribution in [3.63, 3.8) is 0 Å². The fourth-order valence-electron chi connectivity index (χ4n) is 0.413. The minimum Gasteiger partial charge on any atom is -0.505 e. The van der Waals surface area contributed by atoms with Crippen LogP contribution in [0.4, 0.5) is 0 Å². The summed E-state index contributed by atoms with van der Waals surface area (Å²) >= 11 is 4.65. The summed E-state index contributed by atoms with van der Waals surface area (Å²) in [7, 11) is 0. The normalized spacial score (nSPS) is 8.00. The molecule has 2 nitrogen and oxygen atoms in total. The SMILES string of the molecule is Oc1ccc[nH]c1=S.[Na]. The Kier molecular flexibility index (Phi) is 4.14. The Balaban J connectivity index is 0.000000640. The van der Waals surface area contributed by atoms with E-state index in [0.29, 0.717) is 4.64 Å². The summed E-state index contributed by atoms with van der Waals surface area (Å²) in [6.07, 6.45) is 1.67. The van der Waals surface area contributed by atoms with Crippen molar-refractivity contribution in [1.82, 2.24) is 4.98 Å². The number of hydrogen-bond donors (Lipinski definition) is 2. The van der Waals surface area contributed by atoms with Gasteiger partial charge in [0.15, 0.2) is 0 Å². The van der Waals surface area contributed by atoms with Gasteiger partial charge in [0.2, 0.25) is 0 Å². The molecule has 0 saturated carbocycles. The third-order valence-corrected chi connectivity index (χ3v) is 1.12. The number of aromatic amines is 1. The summed E-state index contributed by atoms with van der Waals surface area (Å²) in [6.45, 7) is 0. The number of aromatic hydroxyl groups is 1. The average Bonchev–Trinajstić information content (AvgIpc) is 1.77. The van der Waals surface area contributed by atoms with Crippen LogP contribution in [0, 0.1) is 4.64 Å². The number of H-pyrrole nitrogens is 1. The van der Waals surface area contributed by atoms with Crippen molar-refractivity contribution in [3.05, 3.63) is 23.0 Å². The summed E-state index contributed by atoms with van der Waals surface area (Å²) in [5.74, 6) is 0.127. The first-order valence-electron chi connectivity index (χ1n) is 2.17. The Morgan fingerprint density at radius 1 is 1.56 bits per heavy atom. The summed E-state index contributed by atoms with van der Waals surface area (Å²) in [5, 5.41) is 8.78. The van der Waals surface area contributed by atoms with E-state index in [-0.39, 0.29) is 35.3 Å². The molecule has 0 bridgehead atoms. The van der Waals surface area contributed by atoms with Gasteiger partial charge in [0, 0.05) is 35.8 Å². The standard InChI is InChI=1S/C5H5NOS.Na/c7-4-2-1-3-6-5(4)8;/h1-3,7H,(H,6,8);. The minimum absolute atomic E-state index is 0. The van der Waals surface area contributed by atoms with Gasteiger partial charge in [0.25, 0.3) is 0 Å². The molecule has 1 rings (SSSR count). The van der Waals surface area contributed by atoms with Crippen molar-refractivity contribution in [1.29, 1.82) is 0 Å². The van der Waals surface area contributed by atoms with Gasteiger partial charge in [0.05, 0.1) is 0 Å². The number of rotatable bonds is 0. The number of nitrogens with one attached hydrogen (secondary N) is 1. The van der Waals surface area contributed by atoms with E-state index in [9.17, 15) is 0 Å². The second-order valence-electron chi connectivity index (χ2n) is 1.38. The molecule has 1 aromatic heterocycles. The molecule has 0 aliphatic rings. The Labute approximate surface area is 80.2 Å². The maximum absolute atomic E-state index is 8.78. The molecule has 0 fully saturated rings. The van der Waals surface area contributed by atoms with E-state index >= 15 is 0 Å². The molecule has 0 aliphatic carbocycles. The van der Waals surface area contributed by atoms with Gasteiger partial charge in [-0.15, -0.1) is 0 Å². The van der Waals surface area contributed by atoms with E-state index in [2.05, 4.69) is 17.2 Å². The maximum atomic E-state index is 8.78. The predicted octanol–water partition coefficient (Wildman–Crippen LogP) is 1.07. The quantitative estimate of drug-likeness (QED) is 0.428. The van der Waals surface area contributed by atoms with E-state index in [1.165, 1.54) is 0 Å². The molecular weight excluding hydrogens is 145 g/mol. The second-order valence-corrected chi connectivity index (χ2v) is 1.79. The van der Waals surface area contributed by atoms with Gasteiger partial charge in [-0.2, -0.15) is 0 Å². The summed E-state index contributed by atoms with van der Waals surface area (Å²) in [5.41, 5.74) is 0. The molecule has 0 amide bonds. The van der Waals surface area contributed by atoms with Crippen LogP contribution < -0.4 is 0 Å². The van der Waals surface area contributed by atoms with E-state index in [1.807, 2.05) is 0 Å². The number of pyridine rings is 1. The molecule has 2 N–H and O–H groups in total. The van der Waals surface area contributed by atoms with Gasteiger partial charge in [-0.05, 0) is 12.1 Å². The topological polar surface area (TPSA) is 36.0 Å². The van der Waals surface area contributed by atoms with Crippen molar-refractivity contribution in [2.75, 3.05) is 0 Å². The van der Waals surface area contributed by atoms with Crippen LogP contribution in [0.5, 0.6) is 5.75 Å². The van der Waals surface area contributed by atoms with Crippen LogP contribution in [-0.4, -0.2) is 39.6 Å². The zero-order valence-electron chi connectivity index (χ0n) is 5.09. The van der Waals surface area contributed by atoms with Crippen molar-refractivity contribution in [2.24, 2.45) is 0 Å². The molecule has 1 heterocycles. The molecule has 9 heavy (non-hydrogen) atoms. The van der Waals surface area contributed by atoms with E-state index in [0.717, 1.165) is 0 Å². The smallest absolute Gasteiger partial charge is 0.150 e. The van der Waals surface area contributed by atoms with Gasteiger partial charge in [-0.1, -0.05) is 12.2 Å². The Hall–Kier alpha value is 0.170. The van der Waals surface area contributed by atoms with Crippen LogP contribution in [0.3, 0.4) is 0 Å². The fraction of sp³-hybridized carbons (Fsp3) is 0. The molecule has 4 heteroatoms. The molecule has 0 atom stereocenters. The molecule has 0 aliphatic heterocycles. The van der Waals surface area contributed by atoms with Crippen molar-refractivity contribution < 1.29 is 5.11 Å². The average molecular weight is 150 g/mol. The number of hydrogen-bond acceptors (Lipinski definition) is 2. The summed E-state index contributed by atoms with van der Waals surface area (Å²) in [4.78, 5) is 2.66. The van der Waals surface area contributed by atoms with Crippen molar-refractivity contribution >= 4 is 41.8 Å². The van der Waals surface area contributed by atoms with Gasteiger partial charge in [-0.3, -0.25) is 0 Å². The van der Waals surface area contributed by atoms with Gasteiger partial charge in [0.1, 0.15) is 10.4 Å². The Morgan fingerprint density at radius 2 is 2.22 bits per heavy atom. The Morgan fingerprint density at radius 3 is 2.56 bits per heavy atom. The molecule has 43 valence electrons. The molecule has 0 aromatic carbocycles. The molecule has 0 spiro atoms. The first-order chi connectivity index (χ1) is 3.80. The molecular formula is C5H5NNaOS.